The SMILES string of the molecule is COc1c(I)cc(I)cc1C=C1N=C(c2cc([N+](=O)[O-])ccc2Cl)OC1=O. The van der Waals surface area contributed by atoms with E-state index in [0.717, 1.165) is 7.14 Å². The zero-order valence-corrected chi connectivity index (χ0v) is 18.6. The van der Waals surface area contributed by atoms with Gasteiger partial charge in [0, 0.05) is 21.3 Å². The van der Waals surface area contributed by atoms with Crippen molar-refractivity contribution in [3.63, 3.8) is 0 Å². The molecule has 3 rings (SSSR count). The van der Waals surface area contributed by atoms with Crippen LogP contribution in [-0.4, -0.2) is 23.9 Å². The van der Waals surface area contributed by atoms with Gasteiger partial charge in [0.1, 0.15) is 5.75 Å². The minimum atomic E-state index is -0.677. The molecule has 1 heterocycles. The first-order valence-corrected chi connectivity index (χ1v) is 9.83. The molecule has 10 heteroatoms. The number of hydrogen-bond acceptors (Lipinski definition) is 6. The molecule has 7 nitrogen and oxygen atoms in total. The van der Waals surface area contributed by atoms with Crippen molar-refractivity contribution in [2.45, 2.75) is 0 Å². The van der Waals surface area contributed by atoms with Gasteiger partial charge in [0.25, 0.3) is 5.69 Å². The Labute approximate surface area is 185 Å². The Hall–Kier alpha value is -1.73. The Balaban J connectivity index is 2.07. The maximum absolute atomic E-state index is 12.2. The van der Waals surface area contributed by atoms with Gasteiger partial charge in [0.2, 0.25) is 5.90 Å². The van der Waals surface area contributed by atoms with Gasteiger partial charge in [-0.15, -0.1) is 0 Å². The lowest BCUT2D eigenvalue weighted by molar-refractivity contribution is -0.384. The summed E-state index contributed by atoms with van der Waals surface area (Å²) in [5.74, 6) is -0.156. The number of cyclic esters (lactones) is 1. The fraction of sp³-hybridized carbons (Fsp3) is 0.0588. The molecule has 2 aromatic rings. The molecular weight excluding hydrogens is 601 g/mol. The first-order chi connectivity index (χ1) is 12.8. The zero-order valence-electron chi connectivity index (χ0n) is 13.5. The number of carbonyl (C=O) groups is 1. The molecule has 0 saturated heterocycles. The van der Waals surface area contributed by atoms with Gasteiger partial charge in [-0.2, -0.15) is 0 Å². The predicted octanol–water partition coefficient (Wildman–Crippen LogP) is 4.81. The normalized spacial score (nSPS) is 14.9. The maximum Gasteiger partial charge on any atom is 0.363 e. The first-order valence-electron chi connectivity index (χ1n) is 7.30. The van der Waals surface area contributed by atoms with Gasteiger partial charge in [-0.3, -0.25) is 10.1 Å². The number of aliphatic imine (C=N–C) groups is 1. The third-order valence-electron chi connectivity index (χ3n) is 3.55. The molecule has 2 aromatic carbocycles. The Morgan fingerprint density at radius 3 is 2.70 bits per heavy atom. The third-order valence-corrected chi connectivity index (χ3v) is 5.30. The summed E-state index contributed by atoms with van der Waals surface area (Å²) < 4.78 is 12.4. The van der Waals surface area contributed by atoms with E-state index in [0.29, 0.717) is 11.3 Å². The summed E-state index contributed by atoms with van der Waals surface area (Å²) in [6.07, 6.45) is 1.55. The zero-order chi connectivity index (χ0) is 19.7. The highest BCUT2D eigenvalue weighted by Gasteiger charge is 2.27. The number of ether oxygens (including phenoxy) is 2. The number of esters is 1. The third kappa shape index (κ3) is 4.24. The Morgan fingerprint density at radius 2 is 2.04 bits per heavy atom. The lowest BCUT2D eigenvalue weighted by Crippen LogP contribution is -2.06. The molecule has 0 radical (unpaired) electrons. The van der Waals surface area contributed by atoms with Crippen LogP contribution in [0.5, 0.6) is 5.75 Å². The number of non-ortho nitro benzene ring substituents is 1. The second kappa shape index (κ2) is 8.10. The van der Waals surface area contributed by atoms with Crippen LogP contribution in [0.2, 0.25) is 5.02 Å². The van der Waals surface area contributed by atoms with Crippen molar-refractivity contribution in [3.05, 3.63) is 69.4 Å². The molecule has 0 aliphatic carbocycles. The van der Waals surface area contributed by atoms with Crippen molar-refractivity contribution < 1.29 is 19.2 Å². The van der Waals surface area contributed by atoms with E-state index in [1.807, 2.05) is 12.1 Å². The van der Waals surface area contributed by atoms with Crippen molar-refractivity contribution >= 4 is 80.4 Å². The molecule has 0 bridgehead atoms. The van der Waals surface area contributed by atoms with Crippen molar-refractivity contribution in [2.24, 2.45) is 4.99 Å². The molecule has 0 amide bonds. The molecule has 0 spiro atoms. The molecule has 1 aliphatic heterocycles. The van der Waals surface area contributed by atoms with Crippen LogP contribution in [-0.2, 0) is 9.53 Å². The van der Waals surface area contributed by atoms with Gasteiger partial charge in [-0.1, -0.05) is 11.6 Å². The van der Waals surface area contributed by atoms with Crippen LogP contribution < -0.4 is 4.74 Å². The number of nitro groups is 1. The number of methoxy groups -OCH3 is 1. The van der Waals surface area contributed by atoms with E-state index in [9.17, 15) is 14.9 Å². The van der Waals surface area contributed by atoms with Gasteiger partial charge >= 0.3 is 5.97 Å². The monoisotopic (exact) mass is 610 g/mol. The van der Waals surface area contributed by atoms with Crippen LogP contribution in [0.25, 0.3) is 6.08 Å². The Morgan fingerprint density at radius 1 is 1.30 bits per heavy atom. The van der Waals surface area contributed by atoms with Crippen molar-refractivity contribution in [3.8, 4) is 5.75 Å². The number of carbonyl (C=O) groups excluding carboxylic acids is 1. The molecule has 0 unspecified atom stereocenters. The average Bonchev–Trinajstić information content (AvgIpc) is 2.95. The van der Waals surface area contributed by atoms with Gasteiger partial charge in [-0.25, -0.2) is 9.79 Å². The quantitative estimate of drug-likeness (QED) is 0.163. The lowest BCUT2D eigenvalue weighted by atomic mass is 10.1. The van der Waals surface area contributed by atoms with Gasteiger partial charge in [-0.05, 0) is 69.5 Å². The van der Waals surface area contributed by atoms with E-state index in [2.05, 4.69) is 50.2 Å². The fourth-order valence-corrected chi connectivity index (χ4v) is 4.67. The molecule has 27 heavy (non-hydrogen) atoms. The van der Waals surface area contributed by atoms with Crippen LogP contribution in [0.3, 0.4) is 0 Å². The van der Waals surface area contributed by atoms with Crippen molar-refractivity contribution in [1.82, 2.24) is 0 Å². The fourth-order valence-electron chi connectivity index (χ4n) is 2.37. The standard InChI is InChI=1S/C17H9ClI2N2O5/c1-26-15-8(4-9(19)6-13(15)20)5-14-17(23)27-16(21-14)11-7-10(22(24)25)2-3-12(11)18/h2-7H,1H3. The van der Waals surface area contributed by atoms with Crippen LogP contribution in [0.15, 0.2) is 41.0 Å². The van der Waals surface area contributed by atoms with Crippen molar-refractivity contribution in [1.29, 1.82) is 0 Å². The van der Waals surface area contributed by atoms with Gasteiger partial charge in [0.05, 0.1) is 26.2 Å². The van der Waals surface area contributed by atoms with Crippen LogP contribution >= 0.6 is 56.8 Å². The summed E-state index contributed by atoms with van der Waals surface area (Å²) in [6, 6.07) is 7.62. The lowest BCUT2D eigenvalue weighted by Gasteiger charge is -2.08. The van der Waals surface area contributed by atoms with E-state index in [-0.39, 0.29) is 27.9 Å². The highest BCUT2D eigenvalue weighted by molar-refractivity contribution is 14.1. The summed E-state index contributed by atoms with van der Waals surface area (Å²) in [5.41, 5.74) is 0.700. The van der Waals surface area contributed by atoms with Crippen LogP contribution in [0.1, 0.15) is 11.1 Å². The van der Waals surface area contributed by atoms with E-state index >= 15 is 0 Å². The maximum atomic E-state index is 12.2. The molecular formula is C17H9ClI2N2O5. The number of rotatable bonds is 4. The second-order valence-corrected chi connectivity index (χ2v) is 8.08. The number of benzene rings is 2. The molecule has 0 atom stereocenters. The average molecular weight is 611 g/mol. The number of halogens is 3. The number of nitro benzene ring substituents is 1. The molecule has 138 valence electrons. The van der Waals surface area contributed by atoms with Crippen molar-refractivity contribution in [2.75, 3.05) is 7.11 Å². The largest absolute Gasteiger partial charge is 0.495 e. The first kappa shape index (κ1) is 20.0. The molecule has 1 aliphatic rings. The summed E-state index contributed by atoms with van der Waals surface area (Å²) in [5, 5.41) is 11.2. The summed E-state index contributed by atoms with van der Waals surface area (Å²) in [4.78, 5) is 26.8. The number of hydrogen-bond donors (Lipinski definition) is 0. The summed E-state index contributed by atoms with van der Waals surface area (Å²) in [6.45, 7) is 0. The van der Waals surface area contributed by atoms with Gasteiger partial charge in [0.15, 0.2) is 5.70 Å². The van der Waals surface area contributed by atoms with Gasteiger partial charge < -0.3 is 9.47 Å². The Kier molecular flexibility index (Phi) is 6.01. The summed E-state index contributed by atoms with van der Waals surface area (Å²) >= 11 is 10.4. The predicted molar refractivity (Wildman–Crippen MR) is 117 cm³/mol. The topological polar surface area (TPSA) is 91.0 Å². The summed E-state index contributed by atoms with van der Waals surface area (Å²) in [7, 11) is 1.54. The van der Waals surface area contributed by atoms with E-state index in [4.69, 9.17) is 21.1 Å². The Bertz CT molecular complexity index is 1040. The molecule has 0 saturated carbocycles. The molecule has 0 N–H and O–H groups in total. The molecule has 0 aromatic heterocycles. The van der Waals surface area contributed by atoms with E-state index in [1.165, 1.54) is 25.3 Å². The second-order valence-electron chi connectivity index (χ2n) is 5.27. The highest BCUT2D eigenvalue weighted by atomic mass is 127. The van der Waals surface area contributed by atoms with Crippen LogP contribution in [0, 0.1) is 17.3 Å². The minimum absolute atomic E-state index is 0.0451. The van der Waals surface area contributed by atoms with E-state index in [1.54, 1.807) is 6.08 Å². The molecule has 0 fully saturated rings. The minimum Gasteiger partial charge on any atom is -0.495 e. The highest BCUT2D eigenvalue weighted by Crippen LogP contribution is 2.32. The van der Waals surface area contributed by atoms with Crippen LogP contribution in [0.4, 0.5) is 5.69 Å². The van der Waals surface area contributed by atoms with E-state index < -0.39 is 10.9 Å². The smallest absolute Gasteiger partial charge is 0.363 e. The number of nitrogens with zero attached hydrogens (tertiary/aromatic N) is 2.